The summed E-state index contributed by atoms with van der Waals surface area (Å²) in [4.78, 5) is 27.9. The summed E-state index contributed by atoms with van der Waals surface area (Å²) in [5, 5.41) is 11.1. The van der Waals surface area contributed by atoms with Crippen LogP contribution in [0.15, 0.2) is 78.4 Å². The van der Waals surface area contributed by atoms with Crippen molar-refractivity contribution >= 4 is 17.4 Å². The standard InChI is InChI=1S/C30H30FNO4/c1-30(2,3)22-11-7-20(8-12-22)26-25(27(33)21-9-13-23(31)14-10-21)28(34)29(35)32(26)18-17-19-5-15-24(36-4)16-6-19/h5-16,26,33H,17-18H2,1-4H3/b27-25-. The Hall–Kier alpha value is -3.93. The fourth-order valence-corrected chi connectivity index (χ4v) is 4.43. The molecule has 4 rings (SSSR count). The van der Waals surface area contributed by atoms with Crippen molar-refractivity contribution in [1.29, 1.82) is 0 Å². The Bertz CT molecular complexity index is 1290. The van der Waals surface area contributed by atoms with Gasteiger partial charge in [-0.15, -0.1) is 0 Å². The number of likely N-dealkylation sites (tertiary alicyclic amines) is 1. The Morgan fingerprint density at radius 1 is 0.944 bits per heavy atom. The number of carbonyl (C=O) groups is 2. The van der Waals surface area contributed by atoms with Crippen LogP contribution in [0.4, 0.5) is 4.39 Å². The molecule has 1 saturated heterocycles. The number of ketones is 1. The number of aliphatic hydroxyl groups excluding tert-OH is 1. The fourth-order valence-electron chi connectivity index (χ4n) is 4.43. The van der Waals surface area contributed by atoms with Gasteiger partial charge in [0.25, 0.3) is 11.7 Å². The van der Waals surface area contributed by atoms with Gasteiger partial charge in [-0.1, -0.05) is 57.2 Å². The fraction of sp³-hybridized carbons (Fsp3) is 0.267. The molecule has 1 N–H and O–H groups in total. The molecule has 36 heavy (non-hydrogen) atoms. The maximum Gasteiger partial charge on any atom is 0.295 e. The smallest absolute Gasteiger partial charge is 0.295 e. The molecule has 0 saturated carbocycles. The molecule has 1 heterocycles. The van der Waals surface area contributed by atoms with Crippen molar-refractivity contribution in [1.82, 2.24) is 4.90 Å². The highest BCUT2D eigenvalue weighted by Crippen LogP contribution is 2.40. The lowest BCUT2D eigenvalue weighted by atomic mass is 9.85. The molecule has 186 valence electrons. The Morgan fingerprint density at radius 2 is 1.56 bits per heavy atom. The van der Waals surface area contributed by atoms with Gasteiger partial charge in [0.05, 0.1) is 18.7 Å². The first kappa shape index (κ1) is 25.2. The van der Waals surface area contributed by atoms with Gasteiger partial charge < -0.3 is 14.7 Å². The third-order valence-corrected chi connectivity index (χ3v) is 6.55. The number of rotatable bonds is 6. The van der Waals surface area contributed by atoms with E-state index in [1.165, 1.54) is 29.2 Å². The van der Waals surface area contributed by atoms with Crippen molar-refractivity contribution in [3.63, 3.8) is 0 Å². The van der Waals surface area contributed by atoms with Crippen molar-refractivity contribution in [2.45, 2.75) is 38.6 Å². The summed E-state index contributed by atoms with van der Waals surface area (Å²) in [6.07, 6.45) is 0.518. The zero-order valence-electron chi connectivity index (χ0n) is 20.9. The second kappa shape index (κ2) is 9.97. The van der Waals surface area contributed by atoms with Gasteiger partial charge in [0.2, 0.25) is 0 Å². The lowest BCUT2D eigenvalue weighted by Crippen LogP contribution is -2.31. The van der Waals surface area contributed by atoms with Crippen LogP contribution in [0.3, 0.4) is 0 Å². The van der Waals surface area contributed by atoms with Gasteiger partial charge in [0, 0.05) is 12.1 Å². The van der Waals surface area contributed by atoms with E-state index in [2.05, 4.69) is 20.8 Å². The number of hydrogen-bond donors (Lipinski definition) is 1. The zero-order chi connectivity index (χ0) is 26.0. The maximum atomic E-state index is 13.5. The highest BCUT2D eigenvalue weighted by molar-refractivity contribution is 6.46. The van der Waals surface area contributed by atoms with Crippen molar-refractivity contribution < 1.29 is 23.8 Å². The van der Waals surface area contributed by atoms with Crippen LogP contribution in [0.25, 0.3) is 5.76 Å². The van der Waals surface area contributed by atoms with E-state index in [1.807, 2.05) is 48.5 Å². The SMILES string of the molecule is COc1ccc(CCN2C(=O)C(=O)/C(=C(\O)c3ccc(F)cc3)C2c2ccc(C(C)(C)C)cc2)cc1. The number of aliphatic hydroxyl groups is 1. The predicted octanol–water partition coefficient (Wildman–Crippen LogP) is 5.80. The van der Waals surface area contributed by atoms with Gasteiger partial charge in [0.1, 0.15) is 17.3 Å². The first-order valence-electron chi connectivity index (χ1n) is 11.9. The molecule has 1 atom stereocenters. The van der Waals surface area contributed by atoms with Gasteiger partial charge in [-0.2, -0.15) is 0 Å². The minimum Gasteiger partial charge on any atom is -0.507 e. The van der Waals surface area contributed by atoms with Gasteiger partial charge in [-0.25, -0.2) is 4.39 Å². The van der Waals surface area contributed by atoms with Crippen molar-refractivity contribution in [2.24, 2.45) is 0 Å². The summed E-state index contributed by atoms with van der Waals surface area (Å²) >= 11 is 0. The largest absolute Gasteiger partial charge is 0.507 e. The van der Waals surface area contributed by atoms with E-state index >= 15 is 0 Å². The first-order chi connectivity index (χ1) is 17.1. The average molecular weight is 488 g/mol. The number of benzene rings is 3. The summed E-state index contributed by atoms with van der Waals surface area (Å²) < 4.78 is 18.7. The lowest BCUT2D eigenvalue weighted by molar-refractivity contribution is -0.139. The van der Waals surface area contributed by atoms with Crippen LogP contribution in [-0.4, -0.2) is 35.4 Å². The first-order valence-corrected chi connectivity index (χ1v) is 11.9. The molecule has 0 spiro atoms. The van der Waals surface area contributed by atoms with Gasteiger partial charge in [-0.3, -0.25) is 9.59 Å². The number of amides is 1. The number of ether oxygens (including phenoxy) is 1. The van der Waals surface area contributed by atoms with Crippen LogP contribution >= 0.6 is 0 Å². The monoisotopic (exact) mass is 487 g/mol. The van der Waals surface area contributed by atoms with Crippen LogP contribution < -0.4 is 4.74 Å². The molecule has 3 aromatic rings. The van der Waals surface area contributed by atoms with Crippen LogP contribution in [0.5, 0.6) is 5.75 Å². The van der Waals surface area contributed by atoms with Crippen molar-refractivity contribution in [2.75, 3.05) is 13.7 Å². The highest BCUT2D eigenvalue weighted by Gasteiger charge is 2.45. The highest BCUT2D eigenvalue weighted by atomic mass is 19.1. The second-order valence-electron chi connectivity index (χ2n) is 9.97. The lowest BCUT2D eigenvalue weighted by Gasteiger charge is -2.26. The van der Waals surface area contributed by atoms with Gasteiger partial charge >= 0.3 is 0 Å². The Balaban J connectivity index is 1.75. The average Bonchev–Trinajstić information content (AvgIpc) is 3.12. The van der Waals surface area contributed by atoms with Crippen LogP contribution in [0, 0.1) is 5.82 Å². The molecule has 1 amide bonds. The topological polar surface area (TPSA) is 66.8 Å². The molecule has 1 aliphatic heterocycles. The molecular weight excluding hydrogens is 457 g/mol. The van der Waals surface area contributed by atoms with E-state index in [-0.39, 0.29) is 28.9 Å². The summed E-state index contributed by atoms with van der Waals surface area (Å²) in [5.41, 5.74) is 3.03. The molecular formula is C30H30FNO4. The normalized spacial score (nSPS) is 17.5. The minimum atomic E-state index is -0.762. The Labute approximate surface area is 210 Å². The molecule has 0 aromatic heterocycles. The molecule has 0 aliphatic carbocycles. The summed E-state index contributed by atoms with van der Waals surface area (Å²) in [5.74, 6) is -1.46. The maximum absolute atomic E-state index is 13.5. The zero-order valence-corrected chi connectivity index (χ0v) is 20.9. The summed E-state index contributed by atoms with van der Waals surface area (Å²) in [7, 11) is 1.60. The molecule has 1 aliphatic rings. The van der Waals surface area contributed by atoms with Gasteiger partial charge in [-0.05, 0) is 64.9 Å². The number of Topliss-reactive ketones (excluding diaryl/α,β-unsaturated/α-hetero) is 1. The molecule has 5 nitrogen and oxygen atoms in total. The van der Waals surface area contributed by atoms with Crippen LogP contribution in [-0.2, 0) is 21.4 Å². The van der Waals surface area contributed by atoms with Crippen LogP contribution in [0.1, 0.15) is 49.1 Å². The quantitative estimate of drug-likeness (QED) is 0.271. The summed E-state index contributed by atoms with van der Waals surface area (Å²) in [6.45, 7) is 6.61. The van der Waals surface area contributed by atoms with Crippen molar-refractivity contribution in [3.05, 3.63) is 106 Å². The third-order valence-electron chi connectivity index (χ3n) is 6.55. The van der Waals surface area contributed by atoms with E-state index in [9.17, 15) is 19.1 Å². The van der Waals surface area contributed by atoms with Crippen LogP contribution in [0.2, 0.25) is 0 Å². The minimum absolute atomic E-state index is 0.00449. The Kier molecular flexibility index (Phi) is 6.97. The van der Waals surface area contributed by atoms with E-state index in [4.69, 9.17) is 4.74 Å². The predicted molar refractivity (Wildman–Crippen MR) is 137 cm³/mol. The molecule has 1 fully saturated rings. The number of hydrogen-bond acceptors (Lipinski definition) is 4. The molecule has 3 aromatic carbocycles. The second-order valence-corrected chi connectivity index (χ2v) is 9.97. The van der Waals surface area contributed by atoms with Gasteiger partial charge in [0.15, 0.2) is 0 Å². The van der Waals surface area contributed by atoms with E-state index in [1.54, 1.807) is 7.11 Å². The Morgan fingerprint density at radius 3 is 2.11 bits per heavy atom. The van der Waals surface area contributed by atoms with E-state index in [0.29, 0.717) is 6.42 Å². The molecule has 6 heteroatoms. The third kappa shape index (κ3) is 5.03. The van der Waals surface area contributed by atoms with Crippen molar-refractivity contribution in [3.8, 4) is 5.75 Å². The van der Waals surface area contributed by atoms with E-state index in [0.717, 1.165) is 22.4 Å². The molecule has 0 radical (unpaired) electrons. The molecule has 1 unspecified atom stereocenters. The summed E-state index contributed by atoms with van der Waals surface area (Å²) in [6, 6.07) is 19.7. The van der Waals surface area contributed by atoms with E-state index < -0.39 is 23.5 Å². The molecule has 0 bridgehead atoms. The number of carbonyl (C=O) groups excluding carboxylic acids is 2. The number of nitrogens with zero attached hydrogens (tertiary/aromatic N) is 1. The number of halogens is 1. The number of methoxy groups -OCH3 is 1.